The van der Waals surface area contributed by atoms with E-state index in [0.717, 1.165) is 64.3 Å². The summed E-state index contributed by atoms with van der Waals surface area (Å²) in [7, 11) is 0. The maximum Gasteiger partial charge on any atom is 0.191 e. The molecular weight excluding hydrogens is 376 g/mol. The Bertz CT molecular complexity index is 459. The number of piperazine rings is 1. The van der Waals surface area contributed by atoms with Gasteiger partial charge >= 0.3 is 0 Å². The fourth-order valence-corrected chi connectivity index (χ4v) is 3.23. The van der Waals surface area contributed by atoms with Crippen LogP contribution in [-0.4, -0.2) is 98.2 Å². The third kappa shape index (κ3) is 12.9. The highest BCUT2D eigenvalue weighted by Gasteiger charge is 2.16. The van der Waals surface area contributed by atoms with E-state index in [4.69, 9.17) is 0 Å². The first-order chi connectivity index (χ1) is 14.2. The fraction of sp³-hybridized carbons (Fsp3) is 0.909. The molecule has 4 N–H and O–H groups in total. The van der Waals surface area contributed by atoms with Crippen molar-refractivity contribution in [1.29, 1.82) is 0 Å². The lowest BCUT2D eigenvalue weighted by molar-refractivity contribution is 0.136. The number of hydrogen-bond acceptors (Lipinski definition) is 4. The Kier molecular flexibility index (Phi) is 12.8. The van der Waals surface area contributed by atoms with E-state index in [1.54, 1.807) is 0 Å². The molecule has 1 heterocycles. The molecule has 1 saturated heterocycles. The van der Waals surface area contributed by atoms with Crippen LogP contribution in [0.15, 0.2) is 9.98 Å². The molecule has 0 atom stereocenters. The van der Waals surface area contributed by atoms with Gasteiger partial charge in [-0.3, -0.25) is 19.8 Å². The average Bonchev–Trinajstić information content (AvgIpc) is 2.60. The molecule has 0 aromatic rings. The molecule has 0 aromatic heterocycles. The van der Waals surface area contributed by atoms with Crippen LogP contribution in [-0.2, 0) is 0 Å². The third-order valence-electron chi connectivity index (χ3n) is 4.53. The van der Waals surface area contributed by atoms with Crippen LogP contribution in [0.2, 0.25) is 0 Å². The molecule has 0 aliphatic carbocycles. The predicted octanol–water partition coefficient (Wildman–Crippen LogP) is 1.31. The first-order valence-corrected chi connectivity index (χ1v) is 11.8. The maximum absolute atomic E-state index is 4.64. The van der Waals surface area contributed by atoms with Gasteiger partial charge in [0.2, 0.25) is 0 Å². The summed E-state index contributed by atoms with van der Waals surface area (Å²) >= 11 is 0. The second-order valence-corrected chi connectivity index (χ2v) is 9.28. The van der Waals surface area contributed by atoms with Crippen LogP contribution in [0, 0.1) is 0 Å². The number of guanidine groups is 2. The Morgan fingerprint density at radius 3 is 1.23 bits per heavy atom. The van der Waals surface area contributed by atoms with E-state index >= 15 is 0 Å². The molecule has 1 fully saturated rings. The highest BCUT2D eigenvalue weighted by molar-refractivity contribution is 5.80. The van der Waals surface area contributed by atoms with Crippen molar-refractivity contribution in [2.75, 3.05) is 52.4 Å². The number of aliphatic imine (C=N–C) groups is 2. The van der Waals surface area contributed by atoms with Crippen molar-refractivity contribution in [3.8, 4) is 0 Å². The molecule has 8 nitrogen and oxygen atoms in total. The molecule has 8 heteroatoms. The lowest BCUT2D eigenvalue weighted by atomic mass is 10.3. The molecule has 0 amide bonds. The summed E-state index contributed by atoms with van der Waals surface area (Å²) in [4.78, 5) is 14.3. The average molecular weight is 425 g/mol. The van der Waals surface area contributed by atoms with Gasteiger partial charge < -0.3 is 21.3 Å². The van der Waals surface area contributed by atoms with E-state index in [-0.39, 0.29) is 12.1 Å². The van der Waals surface area contributed by atoms with Crippen LogP contribution in [0.1, 0.15) is 55.4 Å². The number of rotatable bonds is 10. The largest absolute Gasteiger partial charge is 0.355 e. The van der Waals surface area contributed by atoms with Crippen LogP contribution in [0.25, 0.3) is 0 Å². The zero-order valence-electron chi connectivity index (χ0n) is 20.8. The van der Waals surface area contributed by atoms with Crippen molar-refractivity contribution in [1.82, 2.24) is 31.1 Å². The van der Waals surface area contributed by atoms with Crippen molar-refractivity contribution < 1.29 is 0 Å². The lowest BCUT2D eigenvalue weighted by Gasteiger charge is -2.35. The monoisotopic (exact) mass is 424 g/mol. The summed E-state index contributed by atoms with van der Waals surface area (Å²) in [5.41, 5.74) is 0. The Labute approximate surface area is 185 Å². The van der Waals surface area contributed by atoms with Crippen molar-refractivity contribution in [2.24, 2.45) is 9.98 Å². The Morgan fingerprint density at radius 2 is 0.967 bits per heavy atom. The summed E-state index contributed by atoms with van der Waals surface area (Å²) in [6, 6.07) is 1.35. The van der Waals surface area contributed by atoms with Crippen molar-refractivity contribution in [3.63, 3.8) is 0 Å². The van der Waals surface area contributed by atoms with Gasteiger partial charge in [0.25, 0.3) is 0 Å². The molecule has 1 rings (SSSR count). The molecule has 0 radical (unpaired) electrons. The zero-order chi connectivity index (χ0) is 22.5. The molecule has 1 aliphatic rings. The Balaban J connectivity index is 2.28. The van der Waals surface area contributed by atoms with Gasteiger partial charge in [0.05, 0.1) is 0 Å². The van der Waals surface area contributed by atoms with Gasteiger partial charge in [0, 0.05) is 76.5 Å². The topological polar surface area (TPSA) is 79.3 Å². The molecule has 1 aliphatic heterocycles. The van der Waals surface area contributed by atoms with Gasteiger partial charge in [-0.2, -0.15) is 0 Å². The van der Waals surface area contributed by atoms with E-state index < -0.39 is 0 Å². The van der Waals surface area contributed by atoms with Crippen molar-refractivity contribution in [3.05, 3.63) is 0 Å². The van der Waals surface area contributed by atoms with Crippen molar-refractivity contribution >= 4 is 11.9 Å². The maximum atomic E-state index is 4.64. The van der Waals surface area contributed by atoms with Gasteiger partial charge in [-0.1, -0.05) is 0 Å². The first-order valence-electron chi connectivity index (χ1n) is 11.8. The van der Waals surface area contributed by atoms with E-state index in [1.807, 2.05) is 0 Å². The first kappa shape index (κ1) is 26.5. The van der Waals surface area contributed by atoms with Crippen LogP contribution in [0.5, 0.6) is 0 Å². The minimum Gasteiger partial charge on any atom is -0.355 e. The number of nitrogens with zero attached hydrogens (tertiary/aromatic N) is 4. The summed E-state index contributed by atoms with van der Waals surface area (Å²) in [6.07, 6.45) is 0. The van der Waals surface area contributed by atoms with Gasteiger partial charge in [-0.15, -0.1) is 0 Å². The van der Waals surface area contributed by atoms with Gasteiger partial charge in [-0.25, -0.2) is 0 Å². The van der Waals surface area contributed by atoms with Gasteiger partial charge in [0.1, 0.15) is 0 Å². The zero-order valence-corrected chi connectivity index (χ0v) is 20.8. The second-order valence-electron chi connectivity index (χ2n) is 9.28. The van der Waals surface area contributed by atoms with Crippen molar-refractivity contribution in [2.45, 2.75) is 79.6 Å². The summed E-state index contributed by atoms with van der Waals surface area (Å²) < 4.78 is 0. The minimum absolute atomic E-state index is 0.290. The molecule has 30 heavy (non-hydrogen) atoms. The number of hydrogen-bond donors (Lipinski definition) is 4. The highest BCUT2D eigenvalue weighted by Crippen LogP contribution is 2.00. The third-order valence-corrected chi connectivity index (χ3v) is 4.53. The van der Waals surface area contributed by atoms with Crippen LogP contribution in [0.3, 0.4) is 0 Å². The highest BCUT2D eigenvalue weighted by atomic mass is 15.3. The van der Waals surface area contributed by atoms with Crippen LogP contribution < -0.4 is 21.3 Å². The molecule has 0 spiro atoms. The Morgan fingerprint density at radius 1 is 0.633 bits per heavy atom. The normalized spacial score (nSPS) is 17.3. The molecule has 0 bridgehead atoms. The molecule has 0 saturated carbocycles. The van der Waals surface area contributed by atoms with E-state index in [0.29, 0.717) is 12.1 Å². The van der Waals surface area contributed by atoms with Crippen LogP contribution >= 0.6 is 0 Å². The SMILES string of the molecule is CC(C)N=C(NCCN1CCN(CCNC(=NC(C)C)NC(C)C)CC1)NC(C)C. The summed E-state index contributed by atoms with van der Waals surface area (Å²) in [5, 5.41) is 13.7. The van der Waals surface area contributed by atoms with E-state index in [1.165, 1.54) is 0 Å². The lowest BCUT2D eigenvalue weighted by Crippen LogP contribution is -2.51. The smallest absolute Gasteiger partial charge is 0.191 e. The fourth-order valence-electron chi connectivity index (χ4n) is 3.23. The standard InChI is InChI=1S/C22H48N8/c1-17(2)25-21(26-18(3)4)23-9-11-29-13-15-30(16-14-29)12-10-24-22(27-19(5)6)28-20(7)8/h17-20H,9-16H2,1-8H3,(H2,23,25,26)(H2,24,27,28). The molecular formula is C22H48N8. The molecule has 0 aromatic carbocycles. The number of nitrogens with one attached hydrogen (secondary N) is 4. The molecule has 0 unspecified atom stereocenters. The van der Waals surface area contributed by atoms with E-state index in [2.05, 4.69) is 96.4 Å². The van der Waals surface area contributed by atoms with Gasteiger partial charge in [-0.05, 0) is 55.4 Å². The predicted molar refractivity (Wildman–Crippen MR) is 131 cm³/mol. The quantitative estimate of drug-likeness (QED) is 0.313. The summed E-state index contributed by atoms with van der Waals surface area (Å²) in [5.74, 6) is 1.83. The van der Waals surface area contributed by atoms with E-state index in [9.17, 15) is 0 Å². The molecule has 176 valence electrons. The minimum atomic E-state index is 0.290. The second kappa shape index (κ2) is 14.5. The Hall–Kier alpha value is -1.54. The van der Waals surface area contributed by atoms with Gasteiger partial charge in [0.15, 0.2) is 11.9 Å². The van der Waals surface area contributed by atoms with Crippen LogP contribution in [0.4, 0.5) is 0 Å². The summed E-state index contributed by atoms with van der Waals surface area (Å²) in [6.45, 7) is 25.4.